The van der Waals surface area contributed by atoms with E-state index in [1.165, 1.54) is 51.4 Å². The van der Waals surface area contributed by atoms with E-state index in [0.29, 0.717) is 23.9 Å². The monoisotopic (exact) mass is 1080 g/mol. The average Bonchev–Trinajstić information content (AvgIpc) is 3.39. The molecule has 3 atom stereocenters. The third kappa shape index (κ3) is 59.4. The van der Waals surface area contributed by atoms with Gasteiger partial charge in [0.25, 0.3) is 7.82 Å². The predicted molar refractivity (Wildman–Crippen MR) is 334 cm³/mol. The zero-order chi connectivity index (χ0) is 56.3. The first kappa shape index (κ1) is 72.9. The number of aliphatic hydroxyl groups excluding tert-OH is 1. The highest BCUT2D eigenvalue weighted by Gasteiger charge is 2.23. The normalized spacial score (nSPS) is 15.1. The summed E-state index contributed by atoms with van der Waals surface area (Å²) < 4.78 is 23.3. The van der Waals surface area contributed by atoms with Crippen LogP contribution in [0.1, 0.15) is 200 Å². The largest absolute Gasteiger partial charge is 0.756 e. The molecular weight excluding hydrogens is 972 g/mol. The van der Waals surface area contributed by atoms with E-state index >= 15 is 0 Å². The van der Waals surface area contributed by atoms with Crippen molar-refractivity contribution in [3.63, 3.8) is 0 Å². The molecule has 0 aromatic carbocycles. The summed E-state index contributed by atoms with van der Waals surface area (Å²) >= 11 is 0. The maximum Gasteiger partial charge on any atom is 0.268 e. The number of phosphoric acid groups is 1. The summed E-state index contributed by atoms with van der Waals surface area (Å²) in [7, 11) is 1.18. The Balaban J connectivity index is 4.34. The number of quaternary nitrogens is 1. The van der Waals surface area contributed by atoms with Crippen LogP contribution in [0.3, 0.4) is 0 Å². The summed E-state index contributed by atoms with van der Waals surface area (Å²) in [6, 6.07) is -0.942. The number of nitrogens with zero attached hydrogens (tertiary/aromatic N) is 1. The molecule has 0 saturated carbocycles. The van der Waals surface area contributed by atoms with Crippen molar-refractivity contribution in [2.24, 2.45) is 0 Å². The second kappa shape index (κ2) is 56.6. The third-order valence-corrected chi connectivity index (χ3v) is 13.1. The lowest BCUT2D eigenvalue weighted by molar-refractivity contribution is -0.870. The summed E-state index contributed by atoms with van der Waals surface area (Å²) in [5.41, 5.74) is 0. The molecule has 0 aromatic rings. The average molecular weight is 1080 g/mol. The minimum absolute atomic E-state index is 0.0256. The van der Waals surface area contributed by atoms with Gasteiger partial charge in [0.15, 0.2) is 0 Å². The number of rotatable bonds is 52. The molecule has 0 aromatic heterocycles. The smallest absolute Gasteiger partial charge is 0.268 e. The van der Waals surface area contributed by atoms with E-state index in [4.69, 9.17) is 9.05 Å². The van der Waals surface area contributed by atoms with E-state index in [9.17, 15) is 19.4 Å². The highest BCUT2D eigenvalue weighted by molar-refractivity contribution is 7.45. The molecule has 8 nitrogen and oxygen atoms in total. The van der Waals surface area contributed by atoms with Gasteiger partial charge in [-0.15, -0.1) is 0 Å². The van der Waals surface area contributed by atoms with E-state index in [-0.39, 0.29) is 18.9 Å². The molecule has 0 heterocycles. The second-order valence-corrected chi connectivity index (χ2v) is 22.0. The van der Waals surface area contributed by atoms with Crippen LogP contribution in [0.4, 0.5) is 0 Å². The van der Waals surface area contributed by atoms with Crippen LogP contribution in [0.2, 0.25) is 0 Å². The van der Waals surface area contributed by atoms with Gasteiger partial charge >= 0.3 is 0 Å². The van der Waals surface area contributed by atoms with Gasteiger partial charge in [0.05, 0.1) is 39.9 Å². The number of nitrogens with one attached hydrogen (secondary N) is 1. The number of carbonyl (C=O) groups excluding carboxylic acids is 1. The number of aliphatic hydroxyl groups is 1. The molecule has 0 aliphatic heterocycles. The molecule has 434 valence electrons. The Labute approximate surface area is 473 Å². The fourth-order valence-electron chi connectivity index (χ4n) is 7.48. The number of likely N-dealkylation sites (N-methyl/N-ethyl adjacent to an activating group) is 1. The second-order valence-electron chi connectivity index (χ2n) is 20.6. The minimum atomic E-state index is -4.63. The zero-order valence-corrected chi connectivity index (χ0v) is 50.2. The summed E-state index contributed by atoms with van der Waals surface area (Å²) in [5, 5.41) is 13.8. The lowest BCUT2D eigenvalue weighted by Crippen LogP contribution is -2.45. The third-order valence-electron chi connectivity index (χ3n) is 12.1. The molecule has 0 spiro atoms. The van der Waals surface area contributed by atoms with Crippen molar-refractivity contribution in [3.05, 3.63) is 170 Å². The van der Waals surface area contributed by atoms with E-state index in [2.05, 4.69) is 177 Å². The Morgan fingerprint density at radius 1 is 0.468 bits per heavy atom. The summed E-state index contributed by atoms with van der Waals surface area (Å²) in [6.07, 6.45) is 90.1. The number of carbonyl (C=O) groups is 1. The zero-order valence-electron chi connectivity index (χ0n) is 49.3. The number of amides is 1. The van der Waals surface area contributed by atoms with Crippen molar-refractivity contribution in [1.82, 2.24) is 5.32 Å². The number of allylic oxidation sites excluding steroid dienone is 27. The van der Waals surface area contributed by atoms with Gasteiger partial charge in [-0.1, -0.05) is 235 Å². The Kier molecular flexibility index (Phi) is 53.5. The summed E-state index contributed by atoms with van der Waals surface area (Å²) in [5.74, 6) is -0.251. The molecule has 0 saturated heterocycles. The Morgan fingerprint density at radius 3 is 1.21 bits per heavy atom. The van der Waals surface area contributed by atoms with Crippen LogP contribution in [0.5, 0.6) is 0 Å². The Hall–Kier alpha value is -4.14. The van der Waals surface area contributed by atoms with Crippen LogP contribution in [0, 0.1) is 0 Å². The Morgan fingerprint density at radius 2 is 0.805 bits per heavy atom. The van der Waals surface area contributed by atoms with Gasteiger partial charge in [-0.3, -0.25) is 9.36 Å². The van der Waals surface area contributed by atoms with E-state index in [0.717, 1.165) is 116 Å². The molecule has 9 heteroatoms. The van der Waals surface area contributed by atoms with Gasteiger partial charge in [0.2, 0.25) is 5.91 Å². The molecule has 77 heavy (non-hydrogen) atoms. The number of hydrogen-bond donors (Lipinski definition) is 2. The van der Waals surface area contributed by atoms with Crippen molar-refractivity contribution in [1.29, 1.82) is 0 Å². The van der Waals surface area contributed by atoms with Gasteiger partial charge in [0, 0.05) is 6.42 Å². The van der Waals surface area contributed by atoms with Crippen molar-refractivity contribution in [2.45, 2.75) is 212 Å². The molecule has 1 amide bonds. The lowest BCUT2D eigenvalue weighted by Gasteiger charge is -2.29. The van der Waals surface area contributed by atoms with Crippen molar-refractivity contribution in [2.75, 3.05) is 40.9 Å². The topological polar surface area (TPSA) is 108 Å². The first-order chi connectivity index (χ1) is 37.5. The summed E-state index contributed by atoms with van der Waals surface area (Å²) in [6.45, 7) is 4.45. The number of unbranched alkanes of at least 4 members (excludes halogenated alkanes) is 13. The van der Waals surface area contributed by atoms with Gasteiger partial charge in [-0.2, -0.15) is 0 Å². The number of hydrogen-bond acceptors (Lipinski definition) is 6. The fraction of sp³-hybridized carbons (Fsp3) is 0.574. The SMILES string of the molecule is CC/C=C\C/C=C\C/C=C\C/C=C\C/C=C\C/C=C\C/C=C\C/C=C\C/C=C\C/C=C\C/C=C\CCCCCC(=O)NC(COP(=O)([O-])OCC[N+](C)(C)C)C(O)/C=C/CC/C=C/CC/C=C/CCCCCCCCCC. The van der Waals surface area contributed by atoms with Crippen LogP contribution in [-0.2, 0) is 18.4 Å². The molecule has 0 bridgehead atoms. The lowest BCUT2D eigenvalue weighted by atomic mass is 10.1. The maximum absolute atomic E-state index is 13.0. The fourth-order valence-corrected chi connectivity index (χ4v) is 8.20. The predicted octanol–water partition coefficient (Wildman–Crippen LogP) is 18.2. The first-order valence-electron chi connectivity index (χ1n) is 30.0. The van der Waals surface area contributed by atoms with Gasteiger partial charge < -0.3 is 28.8 Å². The molecule has 0 aliphatic rings. The molecule has 0 fully saturated rings. The van der Waals surface area contributed by atoms with Crippen molar-refractivity contribution in [3.8, 4) is 0 Å². The van der Waals surface area contributed by atoms with Crippen LogP contribution >= 0.6 is 7.82 Å². The standard InChI is InChI=1S/C68H111N2O6P/c1-6-8-10-12-14-16-18-20-22-24-26-27-28-29-30-31-32-33-34-35-36-37-38-39-40-41-42-43-44-46-48-50-52-54-56-58-60-62-68(72)69-66(65-76-77(73,74)75-64-63-70(3,4)5)67(71)61-59-57-55-53-51-49-47-45-25-23-21-19-17-15-13-11-9-7-2/h8,10,14,16,20,22,25-27,29-30,32-33,35-36,38-39,41-42,44-46,50-53,59,61,66-67,71H,6-7,9,11-13,15,17-19,21,23-24,28,31,34,37,40,43,47-49,54-58,60,62-65H2,1-5H3,(H-,69,72,73,74)/b10-8-,16-14-,22-20-,27-26-,30-29-,33-32-,36-35-,39-38-,42-41-,45-25+,46-44-,52-50-,53-51+,61-59+. The van der Waals surface area contributed by atoms with Gasteiger partial charge in [-0.05, 0) is 128 Å². The Bertz CT molecular complexity index is 1850. The van der Waals surface area contributed by atoms with Crippen LogP contribution in [0.15, 0.2) is 170 Å². The van der Waals surface area contributed by atoms with Crippen LogP contribution in [-0.4, -0.2) is 68.5 Å². The molecular formula is C68H111N2O6P. The highest BCUT2D eigenvalue weighted by Crippen LogP contribution is 2.38. The first-order valence-corrected chi connectivity index (χ1v) is 31.5. The molecule has 0 rings (SSSR count). The van der Waals surface area contributed by atoms with Crippen LogP contribution < -0.4 is 10.2 Å². The summed E-state index contributed by atoms with van der Waals surface area (Å²) in [4.78, 5) is 25.5. The van der Waals surface area contributed by atoms with Gasteiger partial charge in [0.1, 0.15) is 13.2 Å². The minimum Gasteiger partial charge on any atom is -0.756 e. The van der Waals surface area contributed by atoms with E-state index < -0.39 is 26.6 Å². The van der Waals surface area contributed by atoms with Crippen molar-refractivity contribution >= 4 is 13.7 Å². The number of phosphoric ester groups is 1. The quantitative estimate of drug-likeness (QED) is 0.0272. The molecule has 2 N–H and O–H groups in total. The van der Waals surface area contributed by atoms with Gasteiger partial charge in [-0.25, -0.2) is 0 Å². The van der Waals surface area contributed by atoms with E-state index in [1.54, 1.807) is 6.08 Å². The van der Waals surface area contributed by atoms with E-state index in [1.807, 2.05) is 27.2 Å². The molecule has 0 aliphatic carbocycles. The van der Waals surface area contributed by atoms with Crippen molar-refractivity contribution < 1.29 is 32.9 Å². The maximum atomic E-state index is 13.0. The van der Waals surface area contributed by atoms with Crippen LogP contribution in [0.25, 0.3) is 0 Å². The molecule has 0 radical (unpaired) electrons. The highest BCUT2D eigenvalue weighted by atomic mass is 31.2. The molecule has 3 unspecified atom stereocenters.